The quantitative estimate of drug-likeness (QED) is 0.599. The molecule has 1 amide bonds. The van der Waals surface area contributed by atoms with E-state index in [1.165, 1.54) is 24.0 Å². The number of methoxy groups -OCH3 is 1. The number of nitrogens with zero attached hydrogens (tertiary/aromatic N) is 3. The number of hydrogen-bond donors (Lipinski definition) is 1. The van der Waals surface area contributed by atoms with Crippen LogP contribution >= 0.6 is 0 Å². The van der Waals surface area contributed by atoms with Crippen molar-refractivity contribution in [3.63, 3.8) is 0 Å². The second-order valence-corrected chi connectivity index (χ2v) is 5.82. The number of hydrogen-bond acceptors (Lipinski definition) is 4. The number of amides is 1. The number of nitrogens with one attached hydrogen (secondary N) is 1. The molecule has 4 rings (SSSR count). The largest absolute Gasteiger partial charge is 0.496 e. The van der Waals surface area contributed by atoms with Crippen molar-refractivity contribution in [2.24, 2.45) is 0 Å². The fraction of sp³-hybridized carbons (Fsp3) is 0.0500. The second kappa shape index (κ2) is 6.87. The van der Waals surface area contributed by atoms with Crippen LogP contribution in [0.25, 0.3) is 16.7 Å². The van der Waals surface area contributed by atoms with Crippen LogP contribution in [0.15, 0.2) is 66.7 Å². The molecule has 4 aromatic rings. The zero-order valence-corrected chi connectivity index (χ0v) is 14.4. The Hall–Kier alpha value is -3.74. The molecule has 0 radical (unpaired) electrons. The third-order valence-corrected chi connectivity index (χ3v) is 4.05. The number of rotatable bonds is 4. The monoisotopic (exact) mass is 362 g/mol. The van der Waals surface area contributed by atoms with Crippen LogP contribution in [0.3, 0.4) is 0 Å². The van der Waals surface area contributed by atoms with Gasteiger partial charge in [-0.15, -0.1) is 10.2 Å². The lowest BCUT2D eigenvalue weighted by Gasteiger charge is -2.08. The van der Waals surface area contributed by atoms with Crippen molar-refractivity contribution in [2.75, 3.05) is 12.4 Å². The van der Waals surface area contributed by atoms with Gasteiger partial charge in [0.05, 0.1) is 18.4 Å². The Kier molecular flexibility index (Phi) is 4.25. The summed E-state index contributed by atoms with van der Waals surface area (Å²) >= 11 is 0. The molecule has 0 spiro atoms. The highest BCUT2D eigenvalue weighted by atomic mass is 19.1. The zero-order valence-electron chi connectivity index (χ0n) is 14.4. The van der Waals surface area contributed by atoms with Crippen molar-refractivity contribution < 1.29 is 13.9 Å². The molecule has 0 aliphatic heterocycles. The van der Waals surface area contributed by atoms with Crippen molar-refractivity contribution in [2.45, 2.75) is 0 Å². The number of carbonyl (C=O) groups excluding carboxylic acids is 1. The Bertz CT molecular complexity index is 1120. The number of aromatic nitrogens is 3. The van der Waals surface area contributed by atoms with Gasteiger partial charge in [-0.05, 0) is 54.6 Å². The molecule has 0 unspecified atom stereocenters. The van der Waals surface area contributed by atoms with Gasteiger partial charge in [-0.2, -0.15) is 4.80 Å². The van der Waals surface area contributed by atoms with Crippen LogP contribution in [0.2, 0.25) is 0 Å². The molecule has 6 nitrogen and oxygen atoms in total. The molecular weight excluding hydrogens is 347 g/mol. The lowest BCUT2D eigenvalue weighted by Crippen LogP contribution is -2.13. The van der Waals surface area contributed by atoms with Gasteiger partial charge in [-0.25, -0.2) is 4.39 Å². The third-order valence-electron chi connectivity index (χ3n) is 4.05. The normalized spacial score (nSPS) is 10.7. The van der Waals surface area contributed by atoms with E-state index in [0.717, 1.165) is 0 Å². The topological polar surface area (TPSA) is 69.0 Å². The van der Waals surface area contributed by atoms with Crippen molar-refractivity contribution in [1.82, 2.24) is 15.0 Å². The number of halogens is 1. The van der Waals surface area contributed by atoms with Crippen LogP contribution < -0.4 is 10.1 Å². The first kappa shape index (κ1) is 16.7. The molecule has 0 aliphatic carbocycles. The zero-order chi connectivity index (χ0) is 18.8. The number of carbonyl (C=O) groups is 1. The van der Waals surface area contributed by atoms with E-state index in [1.807, 2.05) is 0 Å². The highest BCUT2D eigenvalue weighted by Crippen LogP contribution is 2.21. The van der Waals surface area contributed by atoms with Crippen molar-refractivity contribution in [3.05, 3.63) is 78.1 Å². The fourth-order valence-electron chi connectivity index (χ4n) is 2.71. The molecule has 0 saturated carbocycles. The van der Waals surface area contributed by atoms with Crippen LogP contribution in [-0.2, 0) is 0 Å². The molecule has 1 aromatic heterocycles. The molecule has 0 saturated heterocycles. The molecule has 1 N–H and O–H groups in total. The molecule has 3 aromatic carbocycles. The van der Waals surface area contributed by atoms with Crippen molar-refractivity contribution in [1.29, 1.82) is 0 Å². The van der Waals surface area contributed by atoms with E-state index in [0.29, 0.717) is 33.7 Å². The number of anilines is 1. The number of ether oxygens (including phenoxy) is 1. The van der Waals surface area contributed by atoms with Gasteiger partial charge in [0.1, 0.15) is 22.6 Å². The Balaban J connectivity index is 1.62. The summed E-state index contributed by atoms with van der Waals surface area (Å²) in [4.78, 5) is 13.9. The molecule has 134 valence electrons. The number of benzene rings is 3. The smallest absolute Gasteiger partial charge is 0.259 e. The molecular formula is C20H15FN4O2. The molecule has 0 aliphatic rings. The Morgan fingerprint density at radius 1 is 1.00 bits per heavy atom. The Morgan fingerprint density at radius 3 is 2.52 bits per heavy atom. The van der Waals surface area contributed by atoms with Crippen LogP contribution in [0.1, 0.15) is 10.4 Å². The van der Waals surface area contributed by atoms with E-state index in [2.05, 4.69) is 15.5 Å². The summed E-state index contributed by atoms with van der Waals surface area (Å²) in [5.74, 6) is -0.104. The van der Waals surface area contributed by atoms with Gasteiger partial charge in [0.2, 0.25) is 0 Å². The highest BCUT2D eigenvalue weighted by molar-refractivity contribution is 6.06. The molecule has 0 atom stereocenters. The lowest BCUT2D eigenvalue weighted by molar-refractivity contribution is 0.102. The summed E-state index contributed by atoms with van der Waals surface area (Å²) in [5.41, 5.74) is 2.94. The highest BCUT2D eigenvalue weighted by Gasteiger charge is 2.13. The first-order chi connectivity index (χ1) is 13.1. The standard InChI is InChI=1S/C20H15FN4O2/c1-27-19-5-3-2-4-16(19)20(26)22-14-8-11-17-18(12-14)24-25(23-17)15-9-6-13(21)7-10-15/h2-12H,1H3,(H,22,26). The van der Waals surface area contributed by atoms with Gasteiger partial charge in [-0.3, -0.25) is 4.79 Å². The average molecular weight is 362 g/mol. The van der Waals surface area contributed by atoms with E-state index >= 15 is 0 Å². The van der Waals surface area contributed by atoms with Crippen molar-refractivity contribution in [3.8, 4) is 11.4 Å². The number of fused-ring (bicyclic) bond motifs is 1. The second-order valence-electron chi connectivity index (χ2n) is 5.82. The maximum Gasteiger partial charge on any atom is 0.259 e. The third kappa shape index (κ3) is 3.35. The Morgan fingerprint density at radius 2 is 1.74 bits per heavy atom. The summed E-state index contributed by atoms with van der Waals surface area (Å²) in [6.45, 7) is 0. The summed E-state index contributed by atoms with van der Waals surface area (Å²) in [6, 6.07) is 18.1. The Labute approximate surface area is 154 Å². The van der Waals surface area contributed by atoms with E-state index < -0.39 is 0 Å². The minimum atomic E-state index is -0.322. The molecule has 27 heavy (non-hydrogen) atoms. The van der Waals surface area contributed by atoms with Gasteiger partial charge in [-0.1, -0.05) is 12.1 Å². The van der Waals surface area contributed by atoms with Gasteiger partial charge in [0.25, 0.3) is 5.91 Å². The minimum Gasteiger partial charge on any atom is -0.496 e. The van der Waals surface area contributed by atoms with Gasteiger partial charge < -0.3 is 10.1 Å². The van der Waals surface area contributed by atoms with Crippen LogP contribution in [0.5, 0.6) is 5.75 Å². The summed E-state index contributed by atoms with van der Waals surface area (Å²) < 4.78 is 18.3. The lowest BCUT2D eigenvalue weighted by atomic mass is 10.2. The average Bonchev–Trinajstić information content (AvgIpc) is 3.11. The fourth-order valence-corrected chi connectivity index (χ4v) is 2.71. The van der Waals surface area contributed by atoms with Crippen LogP contribution in [-0.4, -0.2) is 28.0 Å². The van der Waals surface area contributed by atoms with Crippen LogP contribution in [0.4, 0.5) is 10.1 Å². The molecule has 1 heterocycles. The summed E-state index contributed by atoms with van der Waals surface area (Å²) in [7, 11) is 1.52. The van der Waals surface area contributed by atoms with Gasteiger partial charge in [0.15, 0.2) is 0 Å². The van der Waals surface area contributed by atoms with E-state index in [-0.39, 0.29) is 11.7 Å². The predicted octanol–water partition coefficient (Wildman–Crippen LogP) is 3.82. The maximum atomic E-state index is 13.1. The van der Waals surface area contributed by atoms with E-state index in [1.54, 1.807) is 54.6 Å². The predicted molar refractivity (Wildman–Crippen MR) is 99.8 cm³/mol. The van der Waals surface area contributed by atoms with Gasteiger partial charge in [0, 0.05) is 5.69 Å². The molecule has 7 heteroatoms. The van der Waals surface area contributed by atoms with Crippen LogP contribution in [0, 0.1) is 5.82 Å². The first-order valence-electron chi connectivity index (χ1n) is 8.21. The van der Waals surface area contributed by atoms with Crippen molar-refractivity contribution >= 4 is 22.6 Å². The summed E-state index contributed by atoms with van der Waals surface area (Å²) in [5, 5.41) is 11.6. The first-order valence-corrected chi connectivity index (χ1v) is 8.21. The minimum absolute atomic E-state index is 0.280. The SMILES string of the molecule is COc1ccccc1C(=O)Nc1ccc2nn(-c3ccc(F)cc3)nc2c1. The van der Waals surface area contributed by atoms with E-state index in [4.69, 9.17) is 4.74 Å². The molecule has 0 bridgehead atoms. The van der Waals surface area contributed by atoms with E-state index in [9.17, 15) is 9.18 Å². The molecule has 0 fully saturated rings. The summed E-state index contributed by atoms with van der Waals surface area (Å²) in [6.07, 6.45) is 0. The maximum absolute atomic E-state index is 13.1. The number of para-hydroxylation sites is 1. The van der Waals surface area contributed by atoms with Gasteiger partial charge >= 0.3 is 0 Å².